The van der Waals surface area contributed by atoms with Gasteiger partial charge in [0.1, 0.15) is 48.8 Å². The summed E-state index contributed by atoms with van der Waals surface area (Å²) in [4.78, 5) is 0. The summed E-state index contributed by atoms with van der Waals surface area (Å²) in [7, 11) is 9.07. The van der Waals surface area contributed by atoms with E-state index >= 15 is 0 Å². The molecule has 10 atom stereocenters. The Labute approximate surface area is 171 Å². The van der Waals surface area contributed by atoms with Crippen LogP contribution < -0.4 is 0 Å². The SMILES string of the molecule is COC[C@@H](OC)[C@H]1O[C@H](O[C@H]2[C@H](OC)[C@@H](OC)[C@@H](O)O[C@@H]2CO)[C@@H](OC)[C@H]1OC. The second-order valence-corrected chi connectivity index (χ2v) is 6.85. The lowest BCUT2D eigenvalue weighted by molar-refractivity contribution is -0.329. The van der Waals surface area contributed by atoms with Gasteiger partial charge >= 0.3 is 0 Å². The van der Waals surface area contributed by atoms with E-state index in [9.17, 15) is 10.2 Å². The molecule has 0 unspecified atom stereocenters. The van der Waals surface area contributed by atoms with E-state index in [1.807, 2.05) is 0 Å². The highest BCUT2D eigenvalue weighted by Gasteiger charge is 2.54. The van der Waals surface area contributed by atoms with Crippen molar-refractivity contribution in [2.75, 3.05) is 55.9 Å². The van der Waals surface area contributed by atoms with E-state index in [0.29, 0.717) is 0 Å². The minimum absolute atomic E-state index is 0.286. The van der Waals surface area contributed by atoms with Crippen LogP contribution in [0.25, 0.3) is 0 Å². The molecule has 2 N–H and O–H groups in total. The fourth-order valence-corrected chi connectivity index (χ4v) is 3.92. The Bertz CT molecular complexity index is 467. The van der Waals surface area contributed by atoms with Crippen molar-refractivity contribution in [1.29, 1.82) is 0 Å². The standard InChI is InChI=1S/C18H34O11/c1-21-8-10(22-2)12-14(24-4)16(26-6)18(29-12)28-11-9(7-19)27-17(20)15(25-5)13(11)23-3/h9-20H,7-8H2,1-6H3/t9-,10-,11-,12-,13+,14+,15-,16+,17+,18+/m1/s1. The van der Waals surface area contributed by atoms with Crippen molar-refractivity contribution in [2.45, 2.75) is 61.4 Å². The molecule has 2 aliphatic rings. The molecule has 2 rings (SSSR count). The van der Waals surface area contributed by atoms with E-state index in [4.69, 9.17) is 42.6 Å². The molecule has 29 heavy (non-hydrogen) atoms. The lowest BCUT2D eigenvalue weighted by Gasteiger charge is -2.44. The van der Waals surface area contributed by atoms with E-state index in [2.05, 4.69) is 0 Å². The van der Waals surface area contributed by atoms with E-state index in [1.165, 1.54) is 21.3 Å². The zero-order valence-electron chi connectivity index (χ0n) is 17.8. The highest BCUT2D eigenvalue weighted by Crippen LogP contribution is 2.34. The fourth-order valence-electron chi connectivity index (χ4n) is 3.92. The maximum absolute atomic E-state index is 10.1. The first-order chi connectivity index (χ1) is 14.0. The fraction of sp³-hybridized carbons (Fsp3) is 1.00. The highest BCUT2D eigenvalue weighted by atomic mass is 16.8. The number of hydrogen-bond donors (Lipinski definition) is 2. The smallest absolute Gasteiger partial charge is 0.187 e. The first-order valence-corrected chi connectivity index (χ1v) is 9.39. The van der Waals surface area contributed by atoms with E-state index < -0.39 is 68.0 Å². The Morgan fingerprint density at radius 2 is 1.41 bits per heavy atom. The van der Waals surface area contributed by atoms with Crippen LogP contribution >= 0.6 is 0 Å². The second-order valence-electron chi connectivity index (χ2n) is 6.85. The Morgan fingerprint density at radius 3 is 1.90 bits per heavy atom. The summed E-state index contributed by atoms with van der Waals surface area (Å²) in [5, 5.41) is 19.9. The van der Waals surface area contributed by atoms with Gasteiger partial charge in [-0.1, -0.05) is 0 Å². The van der Waals surface area contributed by atoms with Gasteiger partial charge in [-0.2, -0.15) is 0 Å². The molecule has 0 spiro atoms. The third-order valence-electron chi connectivity index (χ3n) is 5.38. The van der Waals surface area contributed by atoms with Crippen LogP contribution in [0.2, 0.25) is 0 Å². The molecule has 2 aliphatic heterocycles. The molecule has 2 fully saturated rings. The molecule has 11 heteroatoms. The molecular formula is C18H34O11. The topological polar surface area (TPSA) is 124 Å². The maximum Gasteiger partial charge on any atom is 0.187 e. The van der Waals surface area contributed by atoms with Crippen molar-refractivity contribution >= 4 is 0 Å². The van der Waals surface area contributed by atoms with Crippen molar-refractivity contribution in [1.82, 2.24) is 0 Å². The Kier molecular flexibility index (Phi) is 10.1. The molecule has 0 amide bonds. The van der Waals surface area contributed by atoms with Crippen LogP contribution in [0.15, 0.2) is 0 Å². The average molecular weight is 426 g/mol. The lowest BCUT2D eigenvalue weighted by atomic mass is 9.98. The second kappa shape index (κ2) is 11.8. The number of aliphatic hydroxyl groups excluding tert-OH is 2. The molecule has 0 aromatic rings. The monoisotopic (exact) mass is 426 g/mol. The van der Waals surface area contributed by atoms with Crippen LogP contribution in [0, 0.1) is 0 Å². The van der Waals surface area contributed by atoms with Gasteiger partial charge in [0.25, 0.3) is 0 Å². The minimum Gasteiger partial charge on any atom is -0.394 e. The summed E-state index contributed by atoms with van der Waals surface area (Å²) >= 11 is 0. The predicted molar refractivity (Wildman–Crippen MR) is 97.4 cm³/mol. The number of hydrogen-bond acceptors (Lipinski definition) is 11. The first-order valence-electron chi connectivity index (χ1n) is 9.39. The van der Waals surface area contributed by atoms with Gasteiger partial charge in [0.15, 0.2) is 12.6 Å². The normalized spacial score (nSPS) is 41.6. The Balaban J connectivity index is 2.24. The van der Waals surface area contributed by atoms with Gasteiger partial charge in [0.05, 0.1) is 13.2 Å². The summed E-state index contributed by atoms with van der Waals surface area (Å²) in [5.74, 6) is 0. The molecule has 0 aromatic heterocycles. The molecule has 2 saturated heterocycles. The van der Waals surface area contributed by atoms with Crippen LogP contribution in [0.1, 0.15) is 0 Å². The van der Waals surface area contributed by atoms with E-state index in [-0.39, 0.29) is 6.61 Å². The number of methoxy groups -OCH3 is 6. The third-order valence-corrected chi connectivity index (χ3v) is 5.38. The van der Waals surface area contributed by atoms with Gasteiger partial charge < -0.3 is 52.8 Å². The molecule has 0 bridgehead atoms. The average Bonchev–Trinajstić information content (AvgIpc) is 3.09. The number of ether oxygens (including phenoxy) is 9. The van der Waals surface area contributed by atoms with Crippen molar-refractivity contribution in [3.8, 4) is 0 Å². The van der Waals surface area contributed by atoms with E-state index in [1.54, 1.807) is 21.3 Å². The zero-order chi connectivity index (χ0) is 21.6. The van der Waals surface area contributed by atoms with Crippen LogP contribution in [0.5, 0.6) is 0 Å². The van der Waals surface area contributed by atoms with E-state index in [0.717, 1.165) is 0 Å². The van der Waals surface area contributed by atoms with Gasteiger partial charge in [0.2, 0.25) is 0 Å². The minimum atomic E-state index is -1.27. The van der Waals surface area contributed by atoms with Gasteiger partial charge in [-0.05, 0) is 0 Å². The highest BCUT2D eigenvalue weighted by molar-refractivity contribution is 4.97. The van der Waals surface area contributed by atoms with Gasteiger partial charge in [-0.25, -0.2) is 0 Å². The number of aliphatic hydroxyl groups is 2. The van der Waals surface area contributed by atoms with Gasteiger partial charge in [0, 0.05) is 42.7 Å². The molecular weight excluding hydrogens is 392 g/mol. The molecule has 172 valence electrons. The first kappa shape index (κ1) is 24.8. The molecule has 0 radical (unpaired) electrons. The predicted octanol–water partition coefficient (Wildman–Crippen LogP) is -1.47. The molecule has 0 aliphatic carbocycles. The molecule has 2 heterocycles. The summed E-state index contributed by atoms with van der Waals surface area (Å²) in [5.41, 5.74) is 0. The number of rotatable bonds is 11. The summed E-state index contributed by atoms with van der Waals surface area (Å²) in [6.07, 6.45) is -7.39. The lowest BCUT2D eigenvalue weighted by Crippen LogP contribution is -2.61. The molecule has 0 saturated carbocycles. The maximum atomic E-state index is 10.1. The van der Waals surface area contributed by atoms with Crippen LogP contribution in [-0.4, -0.2) is 127 Å². The van der Waals surface area contributed by atoms with Crippen molar-refractivity contribution in [3.63, 3.8) is 0 Å². The zero-order valence-corrected chi connectivity index (χ0v) is 17.8. The largest absolute Gasteiger partial charge is 0.394 e. The Hall–Kier alpha value is -0.440. The van der Waals surface area contributed by atoms with Crippen LogP contribution in [0.4, 0.5) is 0 Å². The van der Waals surface area contributed by atoms with Crippen LogP contribution in [-0.2, 0) is 42.6 Å². The molecule has 0 aromatic carbocycles. The van der Waals surface area contributed by atoms with Crippen molar-refractivity contribution in [3.05, 3.63) is 0 Å². The van der Waals surface area contributed by atoms with Crippen molar-refractivity contribution < 1.29 is 52.8 Å². The Morgan fingerprint density at radius 1 is 0.793 bits per heavy atom. The van der Waals surface area contributed by atoms with Crippen LogP contribution in [0.3, 0.4) is 0 Å². The van der Waals surface area contributed by atoms with Gasteiger partial charge in [-0.15, -0.1) is 0 Å². The third kappa shape index (κ3) is 5.25. The summed E-state index contributed by atoms with van der Waals surface area (Å²) in [6.45, 7) is -0.113. The summed E-state index contributed by atoms with van der Waals surface area (Å²) < 4.78 is 50.4. The molecule has 11 nitrogen and oxygen atoms in total. The van der Waals surface area contributed by atoms with Gasteiger partial charge in [-0.3, -0.25) is 0 Å². The quantitative estimate of drug-likeness (QED) is 0.402. The van der Waals surface area contributed by atoms with Crippen molar-refractivity contribution in [2.24, 2.45) is 0 Å². The summed E-state index contributed by atoms with van der Waals surface area (Å²) in [6, 6.07) is 0.